The number of nitro benzene ring substituents is 1. The molecule has 1 heterocycles. The molecule has 0 saturated carbocycles. The highest BCUT2D eigenvalue weighted by atomic mass is 35.5. The van der Waals surface area contributed by atoms with Crippen LogP contribution in [0.3, 0.4) is 0 Å². The molecular formula is C23H25Cl2N3O3. The number of likely N-dealkylation sites (tertiary alicyclic amines) is 1. The van der Waals surface area contributed by atoms with E-state index < -0.39 is 0 Å². The van der Waals surface area contributed by atoms with Gasteiger partial charge in [0.15, 0.2) is 0 Å². The van der Waals surface area contributed by atoms with Crippen LogP contribution in [0.5, 0.6) is 0 Å². The van der Waals surface area contributed by atoms with E-state index in [1.807, 2.05) is 13.1 Å². The molecule has 0 spiro atoms. The Bertz CT molecular complexity index is 1010. The van der Waals surface area contributed by atoms with Gasteiger partial charge in [-0.1, -0.05) is 35.3 Å². The first kappa shape index (κ1) is 22.1. The van der Waals surface area contributed by atoms with Crippen LogP contribution in [0.15, 0.2) is 36.4 Å². The molecule has 1 aliphatic heterocycles. The number of carbonyl (C=O) groups is 1. The monoisotopic (exact) mass is 461 g/mol. The molecule has 0 aromatic heterocycles. The van der Waals surface area contributed by atoms with Crippen molar-refractivity contribution in [2.75, 3.05) is 20.1 Å². The zero-order valence-electron chi connectivity index (χ0n) is 17.4. The van der Waals surface area contributed by atoms with Crippen LogP contribution in [0, 0.1) is 10.1 Å². The summed E-state index contributed by atoms with van der Waals surface area (Å²) in [7, 11) is 1.81. The van der Waals surface area contributed by atoms with E-state index in [2.05, 4.69) is 4.90 Å². The largest absolute Gasteiger partial charge is 0.337 e. The third-order valence-corrected chi connectivity index (χ3v) is 7.23. The SMILES string of the molecule is CN(C(=O)Cc1ccc(Cl)c(Cl)c1)C1c2cc([N+](=O)[O-])ccc2CCC1N1CCCC1. The summed E-state index contributed by atoms with van der Waals surface area (Å²) < 4.78 is 0. The normalized spacial score (nSPS) is 21.0. The molecule has 1 saturated heterocycles. The van der Waals surface area contributed by atoms with Crippen LogP contribution in [0.2, 0.25) is 10.0 Å². The predicted molar refractivity (Wildman–Crippen MR) is 122 cm³/mol. The van der Waals surface area contributed by atoms with Crippen molar-refractivity contribution in [3.8, 4) is 0 Å². The average Bonchev–Trinajstić information content (AvgIpc) is 3.29. The van der Waals surface area contributed by atoms with Crippen LogP contribution in [-0.4, -0.2) is 46.8 Å². The van der Waals surface area contributed by atoms with Gasteiger partial charge in [-0.3, -0.25) is 19.8 Å². The molecule has 4 rings (SSSR count). The van der Waals surface area contributed by atoms with E-state index in [0.717, 1.165) is 55.5 Å². The lowest BCUT2D eigenvalue weighted by Gasteiger charge is -2.43. The molecule has 6 nitrogen and oxygen atoms in total. The number of hydrogen-bond donors (Lipinski definition) is 0. The Morgan fingerprint density at radius 1 is 1.16 bits per heavy atom. The maximum absolute atomic E-state index is 13.3. The summed E-state index contributed by atoms with van der Waals surface area (Å²) >= 11 is 12.1. The Morgan fingerprint density at radius 3 is 2.58 bits per heavy atom. The minimum absolute atomic E-state index is 0.0491. The first-order valence-corrected chi connectivity index (χ1v) is 11.3. The van der Waals surface area contributed by atoms with Crippen molar-refractivity contribution in [1.82, 2.24) is 9.80 Å². The van der Waals surface area contributed by atoms with Crippen LogP contribution >= 0.6 is 23.2 Å². The fraction of sp³-hybridized carbons (Fsp3) is 0.435. The number of amides is 1. The number of non-ortho nitro benzene ring substituents is 1. The third kappa shape index (κ3) is 4.56. The highest BCUT2D eigenvalue weighted by Gasteiger charge is 2.39. The summed E-state index contributed by atoms with van der Waals surface area (Å²) in [5.74, 6) is -0.0491. The second-order valence-electron chi connectivity index (χ2n) is 8.36. The van der Waals surface area contributed by atoms with E-state index in [9.17, 15) is 14.9 Å². The number of rotatable bonds is 5. The van der Waals surface area contributed by atoms with Gasteiger partial charge in [0.2, 0.25) is 5.91 Å². The maximum atomic E-state index is 13.3. The second kappa shape index (κ2) is 9.15. The lowest BCUT2D eigenvalue weighted by molar-refractivity contribution is -0.385. The van der Waals surface area contributed by atoms with Gasteiger partial charge in [0.25, 0.3) is 5.69 Å². The van der Waals surface area contributed by atoms with Gasteiger partial charge in [-0.2, -0.15) is 0 Å². The quantitative estimate of drug-likeness (QED) is 0.461. The molecule has 2 unspecified atom stereocenters. The zero-order chi connectivity index (χ0) is 22.1. The van der Waals surface area contributed by atoms with Crippen LogP contribution in [0.25, 0.3) is 0 Å². The van der Waals surface area contributed by atoms with Gasteiger partial charge in [-0.05, 0) is 67.6 Å². The van der Waals surface area contributed by atoms with Gasteiger partial charge in [0.05, 0.1) is 27.4 Å². The molecular weight excluding hydrogens is 437 g/mol. The van der Waals surface area contributed by atoms with Crippen molar-refractivity contribution in [3.63, 3.8) is 0 Å². The molecule has 31 heavy (non-hydrogen) atoms. The molecule has 1 fully saturated rings. The second-order valence-corrected chi connectivity index (χ2v) is 9.18. The number of halogens is 2. The first-order valence-electron chi connectivity index (χ1n) is 10.6. The number of likely N-dealkylation sites (N-methyl/N-ethyl adjacent to an activating group) is 1. The summed E-state index contributed by atoms with van der Waals surface area (Å²) in [5, 5.41) is 12.3. The summed E-state index contributed by atoms with van der Waals surface area (Å²) in [6, 6.07) is 10.2. The lowest BCUT2D eigenvalue weighted by atomic mass is 9.82. The van der Waals surface area contributed by atoms with Crippen molar-refractivity contribution in [1.29, 1.82) is 0 Å². The van der Waals surface area contributed by atoms with E-state index in [1.54, 1.807) is 35.2 Å². The molecule has 2 aromatic rings. The minimum Gasteiger partial charge on any atom is -0.337 e. The molecule has 0 bridgehead atoms. The highest BCUT2D eigenvalue weighted by Crippen LogP contribution is 2.39. The number of aryl methyl sites for hydroxylation is 1. The molecule has 8 heteroatoms. The van der Waals surface area contributed by atoms with Gasteiger partial charge in [-0.15, -0.1) is 0 Å². The Hall–Kier alpha value is -2.15. The summed E-state index contributed by atoms with van der Waals surface area (Å²) in [6.45, 7) is 2.00. The highest BCUT2D eigenvalue weighted by molar-refractivity contribution is 6.42. The summed E-state index contributed by atoms with van der Waals surface area (Å²) in [6.07, 6.45) is 4.28. The van der Waals surface area contributed by atoms with Gasteiger partial charge >= 0.3 is 0 Å². The van der Waals surface area contributed by atoms with Gasteiger partial charge < -0.3 is 4.90 Å². The smallest absolute Gasteiger partial charge is 0.269 e. The van der Waals surface area contributed by atoms with E-state index >= 15 is 0 Å². The first-order chi connectivity index (χ1) is 14.8. The molecule has 2 atom stereocenters. The molecule has 2 aromatic carbocycles. The minimum atomic E-state index is -0.367. The zero-order valence-corrected chi connectivity index (χ0v) is 18.9. The molecule has 2 aliphatic rings. The molecule has 0 radical (unpaired) electrons. The number of fused-ring (bicyclic) bond motifs is 1. The Kier molecular flexibility index (Phi) is 6.51. The molecule has 164 valence electrons. The predicted octanol–water partition coefficient (Wildman–Crippen LogP) is 5.05. The van der Waals surface area contributed by atoms with E-state index in [-0.39, 0.29) is 35.0 Å². The topological polar surface area (TPSA) is 66.7 Å². The van der Waals surface area contributed by atoms with E-state index in [4.69, 9.17) is 23.2 Å². The number of benzene rings is 2. The lowest BCUT2D eigenvalue weighted by Crippen LogP contribution is -2.48. The number of carbonyl (C=O) groups excluding carboxylic acids is 1. The van der Waals surface area contributed by atoms with Crippen LogP contribution in [0.4, 0.5) is 5.69 Å². The van der Waals surface area contributed by atoms with Crippen LogP contribution in [0.1, 0.15) is 42.0 Å². The Labute approximate surface area is 191 Å². The average molecular weight is 462 g/mol. The fourth-order valence-corrected chi connectivity index (χ4v) is 5.21. The van der Waals surface area contributed by atoms with Gasteiger partial charge in [0.1, 0.15) is 0 Å². The van der Waals surface area contributed by atoms with Crippen molar-refractivity contribution in [2.45, 2.75) is 44.2 Å². The van der Waals surface area contributed by atoms with E-state index in [1.165, 1.54) is 0 Å². The van der Waals surface area contributed by atoms with Crippen LogP contribution in [-0.2, 0) is 17.6 Å². The number of hydrogen-bond acceptors (Lipinski definition) is 4. The van der Waals surface area contributed by atoms with Crippen molar-refractivity contribution in [2.24, 2.45) is 0 Å². The van der Waals surface area contributed by atoms with Crippen LogP contribution < -0.4 is 0 Å². The fourth-order valence-electron chi connectivity index (χ4n) is 4.89. The van der Waals surface area contributed by atoms with Crippen molar-refractivity contribution < 1.29 is 9.72 Å². The summed E-state index contributed by atoms with van der Waals surface area (Å²) in [4.78, 5) is 28.6. The molecule has 1 amide bonds. The Balaban J connectivity index is 1.67. The number of nitro groups is 1. The maximum Gasteiger partial charge on any atom is 0.269 e. The molecule has 1 aliphatic carbocycles. The van der Waals surface area contributed by atoms with E-state index in [0.29, 0.717) is 10.0 Å². The third-order valence-electron chi connectivity index (χ3n) is 6.49. The standard InChI is InChI=1S/C23H25Cl2N3O3/c1-26(22(29)13-15-4-8-19(24)20(25)12-15)23-18-14-17(28(30)31)7-5-16(18)6-9-21(23)27-10-2-3-11-27/h4-5,7-8,12,14,21,23H,2-3,6,9-11,13H2,1H3. The van der Waals surface area contributed by atoms with Crippen molar-refractivity contribution >= 4 is 34.8 Å². The van der Waals surface area contributed by atoms with Gasteiger partial charge in [0, 0.05) is 25.2 Å². The number of nitrogens with zero attached hydrogens (tertiary/aromatic N) is 3. The molecule has 0 N–H and O–H groups in total. The van der Waals surface area contributed by atoms with Crippen molar-refractivity contribution in [3.05, 3.63) is 73.2 Å². The Morgan fingerprint density at radius 2 is 1.90 bits per heavy atom. The van der Waals surface area contributed by atoms with Gasteiger partial charge in [-0.25, -0.2) is 0 Å². The summed E-state index contributed by atoms with van der Waals surface area (Å²) in [5.41, 5.74) is 2.83.